The number of hydrogen-bond acceptors (Lipinski definition) is 6. The predicted octanol–water partition coefficient (Wildman–Crippen LogP) is 4.60. The quantitative estimate of drug-likeness (QED) is 0.386. The van der Waals surface area contributed by atoms with Gasteiger partial charge in [0.05, 0.1) is 19.3 Å². The second-order valence-electron chi connectivity index (χ2n) is 7.17. The molecule has 166 valence electrons. The second kappa shape index (κ2) is 9.67. The number of carbonyl (C=O) groups is 1. The van der Waals surface area contributed by atoms with Crippen molar-refractivity contribution in [1.29, 1.82) is 0 Å². The lowest BCUT2D eigenvalue weighted by molar-refractivity contribution is -0.116. The first kappa shape index (κ1) is 22.2. The number of amides is 1. The van der Waals surface area contributed by atoms with Gasteiger partial charge in [-0.05, 0) is 30.7 Å². The van der Waals surface area contributed by atoms with Crippen LogP contribution in [-0.4, -0.2) is 29.6 Å². The first-order valence-corrected chi connectivity index (χ1v) is 11.5. The lowest BCUT2D eigenvalue weighted by Crippen LogP contribution is -2.31. The molecule has 9 heteroatoms. The Kier molecular flexibility index (Phi) is 6.72. The van der Waals surface area contributed by atoms with Crippen LogP contribution in [0.3, 0.4) is 0 Å². The summed E-state index contributed by atoms with van der Waals surface area (Å²) in [5.74, 6) is 1.25. The highest BCUT2D eigenvalue weighted by Gasteiger charge is 2.33. The maximum absolute atomic E-state index is 13.1. The monoisotopic (exact) mass is 471 g/mol. The van der Waals surface area contributed by atoms with E-state index in [1.807, 2.05) is 43.3 Å². The van der Waals surface area contributed by atoms with Crippen LogP contribution in [0, 0.1) is 0 Å². The molecule has 0 saturated carbocycles. The molecule has 0 spiro atoms. The molecule has 4 rings (SSSR count). The van der Waals surface area contributed by atoms with Crippen LogP contribution in [0.5, 0.6) is 11.5 Å². The van der Waals surface area contributed by atoms with E-state index in [2.05, 4.69) is 15.3 Å². The van der Waals surface area contributed by atoms with Crippen molar-refractivity contribution in [3.8, 4) is 11.5 Å². The SMILES string of the molecule is CCOc1c(OC)cccc1C1CC(=O)Nc2nc(SCc3ccc(Cl)cc3)[nH]c(=O)c21. The number of hydrogen-bond donors (Lipinski definition) is 2. The first-order chi connectivity index (χ1) is 15.5. The smallest absolute Gasteiger partial charge is 0.257 e. The molecule has 1 unspecified atom stereocenters. The topological polar surface area (TPSA) is 93.3 Å². The van der Waals surface area contributed by atoms with E-state index >= 15 is 0 Å². The minimum atomic E-state index is -0.498. The van der Waals surface area contributed by atoms with Crippen molar-refractivity contribution in [2.45, 2.75) is 30.2 Å². The van der Waals surface area contributed by atoms with Crippen LogP contribution >= 0.6 is 23.4 Å². The van der Waals surface area contributed by atoms with Crippen LogP contribution in [0.25, 0.3) is 0 Å². The normalized spacial score (nSPS) is 15.1. The van der Waals surface area contributed by atoms with Crippen molar-refractivity contribution in [2.24, 2.45) is 0 Å². The molecule has 1 atom stereocenters. The number of aromatic nitrogens is 2. The summed E-state index contributed by atoms with van der Waals surface area (Å²) in [6.45, 7) is 2.30. The maximum Gasteiger partial charge on any atom is 0.257 e. The van der Waals surface area contributed by atoms with Crippen molar-refractivity contribution < 1.29 is 14.3 Å². The summed E-state index contributed by atoms with van der Waals surface area (Å²) in [6, 6.07) is 12.9. The molecule has 3 aromatic rings. The Morgan fingerprint density at radius 3 is 2.69 bits per heavy atom. The van der Waals surface area contributed by atoms with Gasteiger partial charge in [0.25, 0.3) is 5.56 Å². The van der Waals surface area contributed by atoms with Crippen LogP contribution in [0.15, 0.2) is 52.4 Å². The molecule has 32 heavy (non-hydrogen) atoms. The highest BCUT2D eigenvalue weighted by atomic mass is 35.5. The van der Waals surface area contributed by atoms with Crippen LogP contribution in [0.1, 0.15) is 36.0 Å². The molecular formula is C23H22ClN3O4S. The third kappa shape index (κ3) is 4.61. The Hall–Kier alpha value is -2.97. The molecule has 1 aromatic heterocycles. The third-order valence-electron chi connectivity index (χ3n) is 5.11. The minimum Gasteiger partial charge on any atom is -0.493 e. The van der Waals surface area contributed by atoms with Gasteiger partial charge < -0.3 is 19.8 Å². The summed E-state index contributed by atoms with van der Waals surface area (Å²) in [7, 11) is 1.56. The molecule has 2 aromatic carbocycles. The summed E-state index contributed by atoms with van der Waals surface area (Å²) in [6.07, 6.45) is 0.113. The molecule has 2 N–H and O–H groups in total. The number of methoxy groups -OCH3 is 1. The molecule has 0 bridgehead atoms. The fourth-order valence-electron chi connectivity index (χ4n) is 3.68. The first-order valence-electron chi connectivity index (χ1n) is 10.1. The lowest BCUT2D eigenvalue weighted by atomic mass is 9.86. The van der Waals surface area contributed by atoms with Gasteiger partial charge in [0.1, 0.15) is 5.82 Å². The summed E-state index contributed by atoms with van der Waals surface area (Å²) in [5.41, 5.74) is 1.88. The Morgan fingerprint density at radius 1 is 1.19 bits per heavy atom. The number of thioether (sulfide) groups is 1. The van der Waals surface area contributed by atoms with Crippen molar-refractivity contribution >= 4 is 35.1 Å². The van der Waals surface area contributed by atoms with Crippen LogP contribution in [0.4, 0.5) is 5.82 Å². The van der Waals surface area contributed by atoms with Gasteiger partial charge in [0.2, 0.25) is 5.91 Å². The van der Waals surface area contributed by atoms with Crippen LogP contribution < -0.4 is 20.3 Å². The predicted molar refractivity (Wildman–Crippen MR) is 125 cm³/mol. The van der Waals surface area contributed by atoms with E-state index in [1.54, 1.807) is 13.2 Å². The van der Waals surface area contributed by atoms with E-state index in [0.717, 1.165) is 11.1 Å². The van der Waals surface area contributed by atoms with Crippen LogP contribution in [0.2, 0.25) is 5.02 Å². The van der Waals surface area contributed by atoms with Crippen LogP contribution in [-0.2, 0) is 10.5 Å². The van der Waals surface area contributed by atoms with E-state index in [4.69, 9.17) is 21.1 Å². The summed E-state index contributed by atoms with van der Waals surface area (Å²) >= 11 is 7.31. The van der Waals surface area contributed by atoms with E-state index in [9.17, 15) is 9.59 Å². The minimum absolute atomic E-state index is 0.113. The number of nitrogens with zero attached hydrogens (tertiary/aromatic N) is 1. The molecule has 0 fully saturated rings. The zero-order chi connectivity index (χ0) is 22.7. The summed E-state index contributed by atoms with van der Waals surface area (Å²) in [4.78, 5) is 33.0. The second-order valence-corrected chi connectivity index (χ2v) is 8.57. The number of rotatable bonds is 7. The molecular weight excluding hydrogens is 450 g/mol. The van der Waals surface area contributed by atoms with Crippen molar-refractivity contribution in [1.82, 2.24) is 9.97 Å². The van der Waals surface area contributed by atoms with E-state index in [-0.39, 0.29) is 23.7 Å². The van der Waals surface area contributed by atoms with Gasteiger partial charge in [-0.3, -0.25) is 9.59 Å². The van der Waals surface area contributed by atoms with E-state index in [1.165, 1.54) is 11.8 Å². The molecule has 2 heterocycles. The van der Waals surface area contributed by atoms with Gasteiger partial charge in [-0.2, -0.15) is 0 Å². The zero-order valence-corrected chi connectivity index (χ0v) is 19.2. The molecule has 7 nitrogen and oxygen atoms in total. The van der Waals surface area contributed by atoms with E-state index < -0.39 is 5.92 Å². The number of ether oxygens (including phenoxy) is 2. The standard InChI is InChI=1S/C23H22ClN3O4S/c1-3-31-20-15(5-4-6-17(20)30-2)16-11-18(28)25-21-19(16)22(29)27-23(26-21)32-12-13-7-9-14(24)10-8-13/h4-10,16H,3,11-12H2,1-2H3,(H2,25,26,27,28,29). The highest BCUT2D eigenvalue weighted by Crippen LogP contribution is 2.42. The number of carbonyl (C=O) groups excluding carboxylic acids is 1. The average molecular weight is 472 g/mol. The number of fused-ring (bicyclic) bond motifs is 1. The molecule has 0 saturated heterocycles. The molecule has 1 amide bonds. The van der Waals surface area contributed by atoms with Gasteiger partial charge >= 0.3 is 0 Å². The van der Waals surface area contributed by atoms with Crippen molar-refractivity contribution in [3.63, 3.8) is 0 Å². The molecule has 0 radical (unpaired) electrons. The molecule has 1 aliphatic rings. The maximum atomic E-state index is 13.1. The van der Waals surface area contributed by atoms with Gasteiger partial charge in [-0.15, -0.1) is 0 Å². The van der Waals surface area contributed by atoms with Crippen molar-refractivity contribution in [2.75, 3.05) is 19.0 Å². The fraction of sp³-hybridized carbons (Fsp3) is 0.261. The zero-order valence-electron chi connectivity index (χ0n) is 17.6. The molecule has 0 aliphatic carbocycles. The Balaban J connectivity index is 1.70. The third-order valence-corrected chi connectivity index (χ3v) is 6.31. The van der Waals surface area contributed by atoms with Crippen molar-refractivity contribution in [3.05, 3.63) is 74.5 Å². The number of aromatic amines is 1. The number of halogens is 1. The Labute approximate surface area is 194 Å². The number of benzene rings is 2. The Bertz CT molecular complexity index is 1200. The average Bonchev–Trinajstić information content (AvgIpc) is 2.78. The van der Waals surface area contributed by atoms with Gasteiger partial charge in [-0.1, -0.05) is 47.6 Å². The number of anilines is 1. The lowest BCUT2D eigenvalue weighted by Gasteiger charge is -2.26. The Morgan fingerprint density at radius 2 is 1.97 bits per heavy atom. The van der Waals surface area contributed by atoms with Gasteiger partial charge in [0.15, 0.2) is 16.7 Å². The fourth-order valence-corrected chi connectivity index (χ4v) is 4.63. The van der Waals surface area contributed by atoms with Gasteiger partial charge in [0, 0.05) is 28.7 Å². The number of H-pyrrole nitrogens is 1. The largest absolute Gasteiger partial charge is 0.493 e. The number of para-hydroxylation sites is 1. The summed E-state index contributed by atoms with van der Waals surface area (Å²) < 4.78 is 11.3. The molecule has 1 aliphatic heterocycles. The van der Waals surface area contributed by atoms with Gasteiger partial charge in [-0.25, -0.2) is 4.98 Å². The highest BCUT2D eigenvalue weighted by molar-refractivity contribution is 7.98. The number of nitrogens with one attached hydrogen (secondary N) is 2. The summed E-state index contributed by atoms with van der Waals surface area (Å²) in [5, 5.41) is 3.85. The van der Waals surface area contributed by atoms with E-state index in [0.29, 0.717) is 39.6 Å².